The largest absolute Gasteiger partial charge is 0.461 e. The molecule has 0 radical (unpaired) electrons. The molecule has 0 bridgehead atoms. The molecule has 0 amide bonds. The molecule has 0 fully saturated rings. The smallest absolute Gasteiger partial charge is 0.354 e. The highest BCUT2D eigenvalue weighted by atomic mass is 79.9. The fraction of sp³-hybridized carbons (Fsp3) is 0.118. The molecule has 4 nitrogen and oxygen atoms in total. The van der Waals surface area contributed by atoms with E-state index in [4.69, 9.17) is 21.1 Å². The van der Waals surface area contributed by atoms with E-state index in [-0.39, 0.29) is 5.97 Å². The van der Waals surface area contributed by atoms with Gasteiger partial charge in [-0.05, 0) is 59.3 Å². The summed E-state index contributed by atoms with van der Waals surface area (Å²) >= 11 is 9.40. The van der Waals surface area contributed by atoms with Gasteiger partial charge in [-0.1, -0.05) is 11.6 Å². The van der Waals surface area contributed by atoms with Crippen molar-refractivity contribution in [1.82, 2.24) is 4.98 Å². The molecule has 0 aliphatic heterocycles. The molecule has 0 saturated heterocycles. The van der Waals surface area contributed by atoms with Crippen molar-refractivity contribution in [2.24, 2.45) is 0 Å². The van der Waals surface area contributed by atoms with Gasteiger partial charge < -0.3 is 14.5 Å². The second-order valence-electron chi connectivity index (χ2n) is 4.83. The first-order valence-electron chi connectivity index (χ1n) is 6.99. The number of ether oxygens (including phenoxy) is 2. The Morgan fingerprint density at radius 1 is 1.17 bits per heavy atom. The van der Waals surface area contributed by atoms with Gasteiger partial charge in [0.15, 0.2) is 0 Å². The zero-order valence-electron chi connectivity index (χ0n) is 12.2. The summed E-state index contributed by atoms with van der Waals surface area (Å²) in [7, 11) is 0. The van der Waals surface area contributed by atoms with E-state index in [1.54, 1.807) is 19.1 Å². The molecule has 23 heavy (non-hydrogen) atoms. The van der Waals surface area contributed by atoms with Crippen LogP contribution in [0.4, 0.5) is 0 Å². The third kappa shape index (κ3) is 3.51. The number of carbonyl (C=O) groups excluding carboxylic acids is 1. The van der Waals surface area contributed by atoms with Crippen LogP contribution >= 0.6 is 27.5 Å². The predicted octanol–water partition coefficient (Wildman–Crippen LogP) is 5.55. The van der Waals surface area contributed by atoms with Crippen molar-refractivity contribution in [1.29, 1.82) is 0 Å². The van der Waals surface area contributed by atoms with Crippen molar-refractivity contribution >= 4 is 44.4 Å². The average Bonchev–Trinajstić information content (AvgIpc) is 2.94. The Labute approximate surface area is 146 Å². The number of nitrogens with one attached hydrogen (secondary N) is 1. The lowest BCUT2D eigenvalue weighted by molar-refractivity contribution is 0.0520. The fourth-order valence-electron chi connectivity index (χ4n) is 2.17. The topological polar surface area (TPSA) is 51.3 Å². The van der Waals surface area contributed by atoms with Gasteiger partial charge in [0.25, 0.3) is 0 Å². The lowest BCUT2D eigenvalue weighted by Gasteiger charge is -2.06. The summed E-state index contributed by atoms with van der Waals surface area (Å²) in [5, 5.41) is 1.45. The van der Waals surface area contributed by atoms with Crippen LogP contribution in [0.5, 0.6) is 11.5 Å². The number of rotatable bonds is 4. The molecule has 0 aliphatic carbocycles. The maximum Gasteiger partial charge on any atom is 0.354 e. The Morgan fingerprint density at radius 2 is 1.91 bits per heavy atom. The number of hydrogen-bond acceptors (Lipinski definition) is 3. The first-order valence-corrected chi connectivity index (χ1v) is 8.16. The Balaban J connectivity index is 1.87. The van der Waals surface area contributed by atoms with Gasteiger partial charge in [0, 0.05) is 21.4 Å². The number of aromatic amines is 1. The minimum atomic E-state index is -0.370. The second-order valence-corrected chi connectivity index (χ2v) is 6.09. The number of H-pyrrole nitrogens is 1. The third-order valence-electron chi connectivity index (χ3n) is 3.21. The quantitative estimate of drug-likeness (QED) is 0.590. The number of benzene rings is 2. The lowest BCUT2D eigenvalue weighted by atomic mass is 10.2. The number of halogens is 2. The second kappa shape index (κ2) is 6.64. The van der Waals surface area contributed by atoms with E-state index in [0.717, 1.165) is 15.4 Å². The molecule has 0 saturated carbocycles. The van der Waals surface area contributed by atoms with E-state index in [9.17, 15) is 4.79 Å². The van der Waals surface area contributed by atoms with Gasteiger partial charge >= 0.3 is 5.97 Å². The normalized spacial score (nSPS) is 10.7. The lowest BCUT2D eigenvalue weighted by Crippen LogP contribution is -2.04. The number of hydrogen-bond donors (Lipinski definition) is 1. The molecule has 118 valence electrons. The van der Waals surface area contributed by atoms with Crippen LogP contribution in [0.25, 0.3) is 10.9 Å². The van der Waals surface area contributed by atoms with Crippen molar-refractivity contribution in [2.75, 3.05) is 6.61 Å². The summed E-state index contributed by atoms with van der Waals surface area (Å²) < 4.78 is 11.6. The van der Waals surface area contributed by atoms with Crippen LogP contribution in [0.3, 0.4) is 0 Å². The van der Waals surface area contributed by atoms with Gasteiger partial charge in [-0.15, -0.1) is 0 Å². The van der Waals surface area contributed by atoms with Crippen molar-refractivity contribution in [2.45, 2.75) is 6.92 Å². The summed E-state index contributed by atoms with van der Waals surface area (Å²) in [6.07, 6.45) is 0. The van der Waals surface area contributed by atoms with Gasteiger partial charge in [0.05, 0.1) is 11.6 Å². The molecule has 1 N–H and O–H groups in total. The van der Waals surface area contributed by atoms with Crippen LogP contribution < -0.4 is 4.74 Å². The maximum absolute atomic E-state index is 11.8. The SMILES string of the molecule is CCOC(=O)c1cc2cc(Oc3ccc(Br)c(Cl)c3)ccc2[nH]1. The average molecular weight is 395 g/mol. The standard InChI is InChI=1S/C17H13BrClNO3/c1-2-22-17(21)16-8-10-7-11(4-6-15(10)20-16)23-12-3-5-13(18)14(19)9-12/h3-9,20H,2H2,1H3. The number of esters is 1. The van der Waals surface area contributed by atoms with Crippen molar-refractivity contribution in [3.8, 4) is 11.5 Å². The Hall–Kier alpha value is -1.98. The van der Waals surface area contributed by atoms with Gasteiger partial charge in [0.2, 0.25) is 0 Å². The molecule has 6 heteroatoms. The van der Waals surface area contributed by atoms with Crippen LogP contribution in [0.15, 0.2) is 46.9 Å². The Bertz CT molecular complexity index is 875. The molecule has 3 rings (SSSR count). The predicted molar refractivity (Wildman–Crippen MR) is 93.5 cm³/mol. The summed E-state index contributed by atoms with van der Waals surface area (Å²) in [5.41, 5.74) is 1.26. The van der Waals surface area contributed by atoms with Gasteiger partial charge in [-0.3, -0.25) is 0 Å². The van der Waals surface area contributed by atoms with Crippen molar-refractivity contribution in [3.63, 3.8) is 0 Å². The maximum atomic E-state index is 11.8. The third-order valence-corrected chi connectivity index (χ3v) is 4.45. The molecular formula is C17H13BrClNO3. The molecule has 0 aliphatic rings. The minimum Gasteiger partial charge on any atom is -0.461 e. The highest BCUT2D eigenvalue weighted by Crippen LogP contribution is 2.31. The van der Waals surface area contributed by atoms with E-state index >= 15 is 0 Å². The fourth-order valence-corrected chi connectivity index (χ4v) is 2.59. The zero-order chi connectivity index (χ0) is 16.4. The van der Waals surface area contributed by atoms with Crippen molar-refractivity contribution in [3.05, 3.63) is 57.7 Å². The van der Waals surface area contributed by atoms with E-state index in [0.29, 0.717) is 28.8 Å². The van der Waals surface area contributed by atoms with Crippen LogP contribution in [0.1, 0.15) is 17.4 Å². The highest BCUT2D eigenvalue weighted by Gasteiger charge is 2.11. The molecule has 0 atom stereocenters. The Morgan fingerprint density at radius 3 is 2.65 bits per heavy atom. The van der Waals surface area contributed by atoms with Crippen LogP contribution in [-0.4, -0.2) is 17.6 Å². The van der Waals surface area contributed by atoms with Crippen LogP contribution in [0.2, 0.25) is 5.02 Å². The molecule has 2 aromatic carbocycles. The summed E-state index contributed by atoms with van der Waals surface area (Å²) in [5.74, 6) is 0.926. The molecular weight excluding hydrogens is 382 g/mol. The Kier molecular flexibility index (Phi) is 4.59. The van der Waals surface area contributed by atoms with E-state index in [2.05, 4.69) is 20.9 Å². The molecule has 3 aromatic rings. The first kappa shape index (κ1) is 15.9. The minimum absolute atomic E-state index is 0.340. The highest BCUT2D eigenvalue weighted by molar-refractivity contribution is 9.10. The number of carbonyl (C=O) groups is 1. The summed E-state index contributed by atoms with van der Waals surface area (Å²) in [4.78, 5) is 14.8. The van der Waals surface area contributed by atoms with Gasteiger partial charge in [0.1, 0.15) is 17.2 Å². The molecule has 0 spiro atoms. The van der Waals surface area contributed by atoms with E-state index < -0.39 is 0 Å². The van der Waals surface area contributed by atoms with Gasteiger partial charge in [-0.25, -0.2) is 4.79 Å². The van der Waals surface area contributed by atoms with E-state index in [1.807, 2.05) is 30.3 Å². The van der Waals surface area contributed by atoms with E-state index in [1.165, 1.54) is 0 Å². The summed E-state index contributed by atoms with van der Waals surface area (Å²) in [6, 6.07) is 12.7. The van der Waals surface area contributed by atoms with Crippen LogP contribution in [-0.2, 0) is 4.74 Å². The molecule has 0 unspecified atom stereocenters. The van der Waals surface area contributed by atoms with Crippen LogP contribution in [0, 0.1) is 0 Å². The van der Waals surface area contributed by atoms with Gasteiger partial charge in [-0.2, -0.15) is 0 Å². The molecule has 1 heterocycles. The van der Waals surface area contributed by atoms with Crippen molar-refractivity contribution < 1.29 is 14.3 Å². The zero-order valence-corrected chi connectivity index (χ0v) is 14.6. The molecule has 1 aromatic heterocycles. The first-order chi connectivity index (χ1) is 11.1. The summed E-state index contributed by atoms with van der Waals surface area (Å²) in [6.45, 7) is 2.11. The number of fused-ring (bicyclic) bond motifs is 1. The monoisotopic (exact) mass is 393 g/mol. The number of aromatic nitrogens is 1.